The Morgan fingerprint density at radius 3 is 1.73 bits per heavy atom. The van der Waals surface area contributed by atoms with Crippen LogP contribution in [0, 0.1) is 7.14 Å². The van der Waals surface area contributed by atoms with Gasteiger partial charge in [-0.3, -0.25) is 0 Å². The van der Waals surface area contributed by atoms with Crippen molar-refractivity contribution < 1.29 is 25.6 Å². The quantitative estimate of drug-likeness (QED) is 0.168. The van der Waals surface area contributed by atoms with Crippen molar-refractivity contribution in [3.63, 3.8) is 0 Å². The first-order chi connectivity index (χ1) is 24.3. The van der Waals surface area contributed by atoms with Crippen molar-refractivity contribution in [1.82, 2.24) is 0 Å². The normalized spacial score (nSPS) is 12.6. The molecule has 0 aliphatic carbocycles. The molecule has 0 saturated carbocycles. The fourth-order valence-electron chi connectivity index (χ4n) is 8.01. The summed E-state index contributed by atoms with van der Waals surface area (Å²) in [5.41, 5.74) is 8.03. The molecule has 11 rings (SSSR count). The van der Waals surface area contributed by atoms with E-state index >= 15 is 0 Å². The molecule has 2 heterocycles. The van der Waals surface area contributed by atoms with Crippen molar-refractivity contribution in [2.24, 2.45) is 0 Å². The molecule has 0 spiro atoms. The molecule has 0 N–H and O–H groups in total. The molecule has 0 unspecified atom stereocenters. The van der Waals surface area contributed by atoms with Crippen LogP contribution < -0.4 is 26.1 Å². The first kappa shape index (κ1) is 27.3. The topological polar surface area (TPSA) is 16.4 Å². The number of para-hydroxylation sites is 1. The summed E-state index contributed by atoms with van der Waals surface area (Å²) in [7, 11) is 0. The van der Waals surface area contributed by atoms with E-state index in [0.29, 0.717) is 0 Å². The van der Waals surface area contributed by atoms with Crippen LogP contribution in [-0.4, -0.2) is 0 Å². The molecule has 1 aromatic heterocycles. The Labute approximate surface area is 293 Å². The zero-order chi connectivity index (χ0) is 32.1. The number of benzene rings is 9. The van der Waals surface area contributed by atoms with Crippen LogP contribution in [0.15, 0.2) is 168 Å². The summed E-state index contributed by atoms with van der Waals surface area (Å²) in [5.74, 6) is 0. The molecule has 3 heteroatoms. The number of halogens is 1. The van der Waals surface area contributed by atoms with Crippen LogP contribution in [-0.2, 0) is 0 Å². The van der Waals surface area contributed by atoms with E-state index in [1.807, 2.05) is 0 Å². The number of rotatable bonds is 3. The zero-order valence-electron chi connectivity index (χ0n) is 26.3. The summed E-state index contributed by atoms with van der Waals surface area (Å²) in [5, 5.41) is 12.4. The van der Waals surface area contributed by atoms with E-state index in [4.69, 9.17) is 4.42 Å². The van der Waals surface area contributed by atoms with Crippen LogP contribution in [0.3, 0.4) is 0 Å². The van der Waals surface area contributed by atoms with Crippen molar-refractivity contribution in [2.75, 3.05) is 4.90 Å². The summed E-state index contributed by atoms with van der Waals surface area (Å²) in [6.45, 7) is 0. The molecule has 0 fully saturated rings. The van der Waals surface area contributed by atoms with Gasteiger partial charge >= 0.3 is 295 Å². The number of nitrogens with zero attached hydrogens (tertiary/aromatic N) is 1. The van der Waals surface area contributed by atoms with E-state index in [1.54, 1.807) is 0 Å². The predicted octanol–water partition coefficient (Wildman–Crippen LogP) is 9.78. The second-order valence-electron chi connectivity index (χ2n) is 12.8. The van der Waals surface area contributed by atoms with E-state index in [2.05, 4.69) is 169 Å². The van der Waals surface area contributed by atoms with Gasteiger partial charge in [-0.15, -0.1) is 0 Å². The second kappa shape index (κ2) is 10.4. The van der Waals surface area contributed by atoms with Gasteiger partial charge in [0.05, 0.1) is 0 Å². The number of furan rings is 1. The van der Waals surface area contributed by atoms with Gasteiger partial charge in [-0.05, 0) is 0 Å². The summed E-state index contributed by atoms with van der Waals surface area (Å²) < 4.78 is 9.95. The first-order valence-corrected chi connectivity index (χ1v) is 18.8. The van der Waals surface area contributed by atoms with Gasteiger partial charge in [0.25, 0.3) is 0 Å². The fourth-order valence-corrected chi connectivity index (χ4v) is 11.3. The van der Waals surface area contributed by atoms with Crippen LogP contribution in [0.5, 0.6) is 0 Å². The Morgan fingerprint density at radius 2 is 0.980 bits per heavy atom. The Balaban J connectivity index is 1.30. The van der Waals surface area contributed by atoms with E-state index < -0.39 is 21.2 Å². The summed E-state index contributed by atoms with van der Waals surface area (Å²) in [4.78, 5) is 2.48. The van der Waals surface area contributed by atoms with E-state index in [0.717, 1.165) is 22.5 Å². The average molecular weight is 737 g/mol. The SMILES string of the molecule is c1ccc(N(c2cc3ccccc3c3c2[I-]c2ccc4ccccc4c2-3)c2cc3ccccc3c3c2oc2ccc4ccccc4c23)cc1. The van der Waals surface area contributed by atoms with Crippen molar-refractivity contribution in [3.05, 3.63) is 171 Å². The molecule has 0 bridgehead atoms. The molecule has 0 radical (unpaired) electrons. The molecule has 9 aromatic carbocycles. The van der Waals surface area contributed by atoms with Crippen molar-refractivity contribution in [2.45, 2.75) is 0 Å². The van der Waals surface area contributed by atoms with Gasteiger partial charge in [0, 0.05) is 0 Å². The van der Waals surface area contributed by atoms with Crippen molar-refractivity contribution >= 4 is 82.1 Å². The molecule has 2 nitrogen and oxygen atoms in total. The summed E-state index contributed by atoms with van der Waals surface area (Å²) in [6, 6.07) is 59.9. The molecule has 49 heavy (non-hydrogen) atoms. The Hall–Kier alpha value is -5.65. The van der Waals surface area contributed by atoms with Gasteiger partial charge in [-0.1, -0.05) is 0 Å². The molecule has 1 aliphatic rings. The molecular formula is C46H27INO-. The van der Waals surface area contributed by atoms with Crippen LogP contribution in [0.2, 0.25) is 0 Å². The summed E-state index contributed by atoms with van der Waals surface area (Å²) >= 11 is -0.482. The van der Waals surface area contributed by atoms with Gasteiger partial charge < -0.3 is 0 Å². The van der Waals surface area contributed by atoms with Crippen LogP contribution in [0.4, 0.5) is 17.1 Å². The first-order valence-electron chi connectivity index (χ1n) is 16.7. The maximum atomic E-state index is 7.02. The molecule has 1 aliphatic heterocycles. The zero-order valence-corrected chi connectivity index (χ0v) is 28.5. The number of hydrogen-bond donors (Lipinski definition) is 0. The molecule has 0 amide bonds. The molecule has 230 valence electrons. The van der Waals surface area contributed by atoms with E-state index in [9.17, 15) is 0 Å². The molecule has 0 atom stereocenters. The number of fused-ring (bicyclic) bond motifs is 14. The Bertz CT molecular complexity index is 2980. The molecular weight excluding hydrogens is 709 g/mol. The standard InChI is InChI=1S/C46H27INO/c1-2-16-32(17-3-1)48(38-26-30-14-6-10-20-35(30)43-41-33-18-8-4-12-28(33)22-24-37(41)47-45(38)43)39-27-31-15-7-11-21-36(31)44-42-34-19-9-5-13-29(34)23-25-40(42)49-46(39)44/h1-27H/q-1. The third kappa shape index (κ3) is 3.94. The third-order valence-electron chi connectivity index (χ3n) is 10.1. The maximum absolute atomic E-state index is 7.02. The Kier molecular flexibility index (Phi) is 5.81. The van der Waals surface area contributed by atoms with Gasteiger partial charge in [-0.2, -0.15) is 0 Å². The predicted molar refractivity (Wildman–Crippen MR) is 201 cm³/mol. The van der Waals surface area contributed by atoms with E-state index in [-0.39, 0.29) is 0 Å². The molecule has 10 aromatic rings. The fraction of sp³-hybridized carbons (Fsp3) is 0. The molecule has 0 saturated heterocycles. The monoisotopic (exact) mass is 736 g/mol. The average Bonchev–Trinajstić information content (AvgIpc) is 3.76. The van der Waals surface area contributed by atoms with Gasteiger partial charge in [0.1, 0.15) is 0 Å². The van der Waals surface area contributed by atoms with Crippen LogP contribution >= 0.6 is 0 Å². The van der Waals surface area contributed by atoms with Crippen molar-refractivity contribution in [3.8, 4) is 11.1 Å². The van der Waals surface area contributed by atoms with Crippen molar-refractivity contribution in [1.29, 1.82) is 0 Å². The number of anilines is 3. The van der Waals surface area contributed by atoms with Crippen LogP contribution in [0.25, 0.3) is 76.2 Å². The van der Waals surface area contributed by atoms with Gasteiger partial charge in [-0.25, -0.2) is 0 Å². The van der Waals surface area contributed by atoms with Crippen LogP contribution in [0.1, 0.15) is 0 Å². The number of hydrogen-bond acceptors (Lipinski definition) is 2. The van der Waals surface area contributed by atoms with E-state index in [1.165, 1.54) is 77.8 Å². The summed E-state index contributed by atoms with van der Waals surface area (Å²) in [6.07, 6.45) is 0. The minimum absolute atomic E-state index is 0.482. The second-order valence-corrected chi connectivity index (χ2v) is 15.6. The minimum atomic E-state index is -0.482. The third-order valence-corrected chi connectivity index (χ3v) is 13.2. The Morgan fingerprint density at radius 1 is 0.429 bits per heavy atom. The van der Waals surface area contributed by atoms with Gasteiger partial charge in [0.2, 0.25) is 0 Å². The van der Waals surface area contributed by atoms with Gasteiger partial charge in [0.15, 0.2) is 0 Å².